The molecule has 0 aliphatic carbocycles. The normalized spacial score (nSPS) is 11.6. The fourth-order valence-electron chi connectivity index (χ4n) is 1.29. The monoisotopic (exact) mass is 321 g/mol. The zero-order valence-electron chi connectivity index (χ0n) is 9.03. The lowest BCUT2D eigenvalue weighted by atomic mass is 10.4. The molecule has 0 aliphatic rings. The molecule has 9 heteroatoms. The van der Waals surface area contributed by atoms with E-state index in [1.165, 1.54) is 12.5 Å². The molecule has 0 unspecified atom stereocenters. The number of nitrogens with one attached hydrogen (secondary N) is 1. The molecule has 2 aromatic rings. The molecular formula is C9H7BrF3N5. The van der Waals surface area contributed by atoms with Gasteiger partial charge in [-0.25, -0.2) is 14.6 Å². The Morgan fingerprint density at radius 2 is 2.06 bits per heavy atom. The van der Waals surface area contributed by atoms with Crippen LogP contribution >= 0.6 is 15.9 Å². The lowest BCUT2D eigenvalue weighted by Crippen LogP contribution is -2.09. The number of nitrogens with zero attached hydrogens (tertiary/aromatic N) is 4. The van der Waals surface area contributed by atoms with Crippen molar-refractivity contribution in [1.82, 2.24) is 19.7 Å². The van der Waals surface area contributed by atoms with Gasteiger partial charge in [-0.2, -0.15) is 18.3 Å². The lowest BCUT2D eigenvalue weighted by Gasteiger charge is -2.07. The van der Waals surface area contributed by atoms with Crippen LogP contribution in [0.1, 0.15) is 5.69 Å². The van der Waals surface area contributed by atoms with Gasteiger partial charge >= 0.3 is 6.18 Å². The molecule has 0 fully saturated rings. The van der Waals surface area contributed by atoms with Crippen molar-refractivity contribution >= 4 is 21.7 Å². The minimum Gasteiger partial charge on any atom is -0.372 e. The molecule has 0 aromatic carbocycles. The van der Waals surface area contributed by atoms with Crippen LogP contribution in [-0.2, 0) is 6.18 Å². The molecule has 0 radical (unpaired) electrons. The van der Waals surface area contributed by atoms with E-state index in [0.717, 1.165) is 10.7 Å². The first-order valence-electron chi connectivity index (χ1n) is 4.75. The second-order valence-corrected chi connectivity index (χ2v) is 4.05. The molecule has 18 heavy (non-hydrogen) atoms. The van der Waals surface area contributed by atoms with Gasteiger partial charge in [0.05, 0.1) is 0 Å². The summed E-state index contributed by atoms with van der Waals surface area (Å²) in [5.41, 5.74) is -0.973. The maximum absolute atomic E-state index is 12.4. The maximum Gasteiger partial charge on any atom is 0.435 e. The number of alkyl halides is 3. The second kappa shape index (κ2) is 4.56. The van der Waals surface area contributed by atoms with E-state index in [4.69, 9.17) is 0 Å². The van der Waals surface area contributed by atoms with Gasteiger partial charge in [-0.05, 0) is 22.0 Å². The van der Waals surface area contributed by atoms with Crippen LogP contribution in [-0.4, -0.2) is 26.8 Å². The minimum absolute atomic E-state index is 0.227. The van der Waals surface area contributed by atoms with Crippen molar-refractivity contribution in [3.63, 3.8) is 0 Å². The Morgan fingerprint density at radius 3 is 2.61 bits per heavy atom. The summed E-state index contributed by atoms with van der Waals surface area (Å²) in [7, 11) is 1.64. The van der Waals surface area contributed by atoms with Crippen molar-refractivity contribution < 1.29 is 13.2 Å². The van der Waals surface area contributed by atoms with Gasteiger partial charge in [0, 0.05) is 13.2 Å². The Morgan fingerprint density at radius 1 is 1.33 bits per heavy atom. The third-order valence-corrected chi connectivity index (χ3v) is 2.83. The van der Waals surface area contributed by atoms with E-state index in [2.05, 4.69) is 36.3 Å². The summed E-state index contributed by atoms with van der Waals surface area (Å²) in [6.45, 7) is 0. The Bertz CT molecular complexity index is 566. The predicted molar refractivity (Wildman–Crippen MR) is 61.4 cm³/mol. The summed E-state index contributed by atoms with van der Waals surface area (Å²) in [6, 6.07) is 0.883. The molecule has 0 spiro atoms. The first-order valence-corrected chi connectivity index (χ1v) is 5.54. The Labute approximate surface area is 108 Å². The van der Waals surface area contributed by atoms with Crippen molar-refractivity contribution in [1.29, 1.82) is 0 Å². The molecule has 2 heterocycles. The average molecular weight is 322 g/mol. The van der Waals surface area contributed by atoms with Gasteiger partial charge in [0.25, 0.3) is 0 Å². The van der Waals surface area contributed by atoms with Crippen LogP contribution in [0.3, 0.4) is 0 Å². The number of hydrogen-bond acceptors (Lipinski definition) is 4. The van der Waals surface area contributed by atoms with Crippen LogP contribution in [0.4, 0.5) is 19.0 Å². The fraction of sp³-hybridized carbons (Fsp3) is 0.222. The minimum atomic E-state index is -4.48. The summed E-state index contributed by atoms with van der Waals surface area (Å²) in [5, 5.41) is 6.21. The number of hydrogen-bond donors (Lipinski definition) is 1. The highest BCUT2D eigenvalue weighted by molar-refractivity contribution is 9.10. The number of anilines is 1. The van der Waals surface area contributed by atoms with Crippen LogP contribution < -0.4 is 5.32 Å². The Balaban J connectivity index is 2.47. The zero-order valence-corrected chi connectivity index (χ0v) is 10.6. The standard InChI is InChI=1S/C9H7BrF3N5/c1-14-7-6(10)8(16-4-15-7)18-3-2-5(17-18)9(11,12)13/h2-4H,1H3,(H,14,15,16). The van der Waals surface area contributed by atoms with Crippen LogP contribution in [0, 0.1) is 0 Å². The molecule has 2 rings (SSSR count). The first-order chi connectivity index (χ1) is 8.43. The first kappa shape index (κ1) is 12.8. The van der Waals surface area contributed by atoms with Gasteiger partial charge in [-0.15, -0.1) is 0 Å². The highest BCUT2D eigenvalue weighted by Crippen LogP contribution is 2.29. The third-order valence-electron chi connectivity index (χ3n) is 2.10. The molecule has 0 aliphatic heterocycles. The molecule has 96 valence electrons. The highest BCUT2D eigenvalue weighted by atomic mass is 79.9. The summed E-state index contributed by atoms with van der Waals surface area (Å²) < 4.78 is 38.8. The van der Waals surface area contributed by atoms with Crippen molar-refractivity contribution in [2.45, 2.75) is 6.18 Å². The molecule has 5 nitrogen and oxygen atoms in total. The zero-order chi connectivity index (χ0) is 13.3. The summed E-state index contributed by atoms with van der Waals surface area (Å²) in [4.78, 5) is 7.79. The molecule has 1 N–H and O–H groups in total. The van der Waals surface area contributed by atoms with Gasteiger partial charge in [0.1, 0.15) is 16.6 Å². The SMILES string of the molecule is CNc1ncnc(-n2ccc(C(F)(F)F)n2)c1Br. The van der Waals surface area contributed by atoms with E-state index in [1.807, 2.05) is 0 Å². The number of rotatable bonds is 2. The van der Waals surface area contributed by atoms with Crippen molar-refractivity contribution in [2.24, 2.45) is 0 Å². The van der Waals surface area contributed by atoms with Gasteiger partial charge in [-0.3, -0.25) is 0 Å². The highest BCUT2D eigenvalue weighted by Gasteiger charge is 2.33. The Kier molecular flexibility index (Phi) is 3.24. The lowest BCUT2D eigenvalue weighted by molar-refractivity contribution is -0.141. The van der Waals surface area contributed by atoms with E-state index in [-0.39, 0.29) is 5.82 Å². The molecule has 0 saturated heterocycles. The van der Waals surface area contributed by atoms with E-state index in [9.17, 15) is 13.2 Å². The molecular weight excluding hydrogens is 315 g/mol. The van der Waals surface area contributed by atoms with Crippen LogP contribution in [0.25, 0.3) is 5.82 Å². The van der Waals surface area contributed by atoms with Crippen LogP contribution in [0.5, 0.6) is 0 Å². The summed E-state index contributed by atoms with van der Waals surface area (Å²) in [5.74, 6) is 0.689. The molecule has 0 saturated carbocycles. The predicted octanol–water partition coefficient (Wildman–Crippen LogP) is 2.49. The quantitative estimate of drug-likeness (QED) is 0.923. The second-order valence-electron chi connectivity index (χ2n) is 3.25. The van der Waals surface area contributed by atoms with Crippen LogP contribution in [0.15, 0.2) is 23.1 Å². The molecule has 0 bridgehead atoms. The Hall–Kier alpha value is -1.64. The van der Waals surface area contributed by atoms with Gasteiger partial charge in [0.15, 0.2) is 11.5 Å². The summed E-state index contributed by atoms with van der Waals surface area (Å²) >= 11 is 3.21. The van der Waals surface area contributed by atoms with Crippen LogP contribution in [0.2, 0.25) is 0 Å². The largest absolute Gasteiger partial charge is 0.435 e. The van der Waals surface area contributed by atoms with Gasteiger partial charge in [-0.1, -0.05) is 0 Å². The fourth-order valence-corrected chi connectivity index (χ4v) is 1.87. The van der Waals surface area contributed by atoms with Crippen molar-refractivity contribution in [3.8, 4) is 5.82 Å². The van der Waals surface area contributed by atoms with E-state index in [1.54, 1.807) is 7.05 Å². The van der Waals surface area contributed by atoms with E-state index >= 15 is 0 Å². The van der Waals surface area contributed by atoms with E-state index < -0.39 is 11.9 Å². The van der Waals surface area contributed by atoms with Crippen molar-refractivity contribution in [2.75, 3.05) is 12.4 Å². The van der Waals surface area contributed by atoms with Gasteiger partial charge in [0.2, 0.25) is 0 Å². The average Bonchev–Trinajstić information content (AvgIpc) is 2.78. The molecule has 0 atom stereocenters. The molecule has 0 amide bonds. The maximum atomic E-state index is 12.4. The molecule has 2 aromatic heterocycles. The van der Waals surface area contributed by atoms with Gasteiger partial charge < -0.3 is 5.32 Å². The van der Waals surface area contributed by atoms with Crippen molar-refractivity contribution in [3.05, 3.63) is 28.8 Å². The summed E-state index contributed by atoms with van der Waals surface area (Å²) in [6.07, 6.45) is -2.05. The van der Waals surface area contributed by atoms with E-state index in [0.29, 0.717) is 10.3 Å². The smallest absolute Gasteiger partial charge is 0.372 e. The number of aromatic nitrogens is 4. The topological polar surface area (TPSA) is 55.6 Å². The number of halogens is 4. The third kappa shape index (κ3) is 2.30.